The van der Waals surface area contributed by atoms with Gasteiger partial charge in [0.1, 0.15) is 17.0 Å². The molecule has 2 aliphatic rings. The van der Waals surface area contributed by atoms with Crippen LogP contribution in [-0.4, -0.2) is 49.5 Å². The quantitative estimate of drug-likeness (QED) is 0.154. The number of methoxy groups -OCH3 is 1. The minimum absolute atomic E-state index is 0.0795. The number of amides is 3. The number of hydrogen-bond acceptors (Lipinski definition) is 5. The maximum atomic E-state index is 14.0. The number of halogens is 6. The highest BCUT2D eigenvalue weighted by Crippen LogP contribution is 2.58. The van der Waals surface area contributed by atoms with E-state index in [0.717, 1.165) is 11.0 Å². The molecule has 1 fully saturated rings. The van der Waals surface area contributed by atoms with Gasteiger partial charge in [0, 0.05) is 17.7 Å². The fourth-order valence-electron chi connectivity index (χ4n) is 5.90. The van der Waals surface area contributed by atoms with Crippen LogP contribution in [0.25, 0.3) is 0 Å². The summed E-state index contributed by atoms with van der Waals surface area (Å²) < 4.78 is 100. The van der Waals surface area contributed by atoms with Crippen LogP contribution in [0, 0.1) is 0 Å². The van der Waals surface area contributed by atoms with Crippen LogP contribution in [-0.2, 0) is 40.1 Å². The molecule has 0 spiro atoms. The van der Waals surface area contributed by atoms with E-state index >= 15 is 0 Å². The lowest BCUT2D eigenvalue weighted by Crippen LogP contribution is -2.53. The van der Waals surface area contributed by atoms with E-state index in [2.05, 4.69) is 10.1 Å². The molecule has 1 N–H and O–H groups in total. The van der Waals surface area contributed by atoms with Crippen LogP contribution in [0.4, 0.5) is 31.1 Å². The Morgan fingerprint density at radius 3 is 2.18 bits per heavy atom. The van der Waals surface area contributed by atoms with Crippen LogP contribution in [0.1, 0.15) is 74.3 Å². The number of rotatable bonds is 12. The third-order valence-electron chi connectivity index (χ3n) is 8.17. The van der Waals surface area contributed by atoms with Gasteiger partial charge in [-0.05, 0) is 67.5 Å². The number of ether oxygens (including phenoxy) is 3. The number of alkyl halides is 6. The third kappa shape index (κ3) is 5.70. The van der Waals surface area contributed by atoms with Crippen molar-refractivity contribution in [3.05, 3.63) is 58.1 Å². The van der Waals surface area contributed by atoms with Crippen molar-refractivity contribution in [3.8, 4) is 11.5 Å². The van der Waals surface area contributed by atoms with Crippen molar-refractivity contribution in [1.29, 1.82) is 0 Å². The zero-order chi connectivity index (χ0) is 32.5. The lowest BCUT2D eigenvalue weighted by Gasteiger charge is -2.34. The van der Waals surface area contributed by atoms with Gasteiger partial charge in [-0.2, -0.15) is 26.3 Å². The molecule has 0 aliphatic carbocycles. The molecule has 1 atom stereocenters. The first kappa shape index (κ1) is 33.4. The van der Waals surface area contributed by atoms with E-state index < -0.39 is 47.6 Å². The second-order valence-electron chi connectivity index (χ2n) is 11.1. The zero-order valence-corrected chi connectivity index (χ0v) is 25.0. The SMILES string of the molecule is CCCc1cc2c(c(CCC)c1OCCCCN1C(=O)NC(C)(c3ccc(OC)cc3)C1=O)COC2(C(F)(F)F)C(F)(F)F. The summed E-state index contributed by atoms with van der Waals surface area (Å²) in [4.78, 5) is 27.0. The van der Waals surface area contributed by atoms with E-state index in [4.69, 9.17) is 9.47 Å². The molecular formula is C31H36F6N2O5. The minimum atomic E-state index is -5.71. The summed E-state index contributed by atoms with van der Waals surface area (Å²) in [5.74, 6) is 0.463. The number of imide groups is 1. The van der Waals surface area contributed by atoms with Gasteiger partial charge in [-0.3, -0.25) is 9.69 Å². The normalized spacial score (nSPS) is 19.7. The van der Waals surface area contributed by atoms with Crippen molar-refractivity contribution in [2.75, 3.05) is 20.3 Å². The number of fused-ring (bicyclic) bond motifs is 1. The Morgan fingerprint density at radius 2 is 1.61 bits per heavy atom. The Morgan fingerprint density at radius 1 is 0.977 bits per heavy atom. The maximum Gasteiger partial charge on any atom is 0.430 e. The van der Waals surface area contributed by atoms with Crippen molar-refractivity contribution in [2.45, 2.75) is 89.4 Å². The topological polar surface area (TPSA) is 77.1 Å². The highest BCUT2D eigenvalue weighted by Gasteiger charge is 2.76. The summed E-state index contributed by atoms with van der Waals surface area (Å²) in [6.45, 7) is 4.50. The molecule has 2 aromatic rings. The summed E-state index contributed by atoms with van der Waals surface area (Å²) >= 11 is 0. The largest absolute Gasteiger partial charge is 0.497 e. The average Bonchev–Trinajstić information content (AvgIpc) is 3.46. The first-order chi connectivity index (χ1) is 20.7. The molecule has 2 aromatic carbocycles. The fourth-order valence-corrected chi connectivity index (χ4v) is 5.90. The number of hydrogen-bond donors (Lipinski definition) is 1. The lowest BCUT2D eigenvalue weighted by molar-refractivity contribution is -0.385. The second-order valence-corrected chi connectivity index (χ2v) is 11.1. The van der Waals surface area contributed by atoms with Crippen molar-refractivity contribution in [2.24, 2.45) is 0 Å². The van der Waals surface area contributed by atoms with Gasteiger partial charge in [0.2, 0.25) is 0 Å². The number of urea groups is 1. The van der Waals surface area contributed by atoms with Gasteiger partial charge in [-0.15, -0.1) is 0 Å². The average molecular weight is 631 g/mol. The van der Waals surface area contributed by atoms with Gasteiger partial charge >= 0.3 is 18.4 Å². The highest BCUT2D eigenvalue weighted by atomic mass is 19.4. The van der Waals surface area contributed by atoms with E-state index in [1.165, 1.54) is 7.11 Å². The van der Waals surface area contributed by atoms with E-state index in [-0.39, 0.29) is 48.4 Å². The number of benzene rings is 2. The molecule has 44 heavy (non-hydrogen) atoms. The van der Waals surface area contributed by atoms with Crippen LogP contribution in [0.5, 0.6) is 11.5 Å². The van der Waals surface area contributed by atoms with Gasteiger partial charge < -0.3 is 19.5 Å². The molecule has 2 heterocycles. The molecule has 0 saturated carbocycles. The molecule has 0 bridgehead atoms. The smallest absolute Gasteiger partial charge is 0.430 e. The molecule has 0 aromatic heterocycles. The first-order valence-electron chi connectivity index (χ1n) is 14.5. The van der Waals surface area contributed by atoms with Gasteiger partial charge in [-0.1, -0.05) is 38.8 Å². The zero-order valence-electron chi connectivity index (χ0n) is 25.0. The summed E-state index contributed by atoms with van der Waals surface area (Å²) in [5, 5.41) is 2.74. The van der Waals surface area contributed by atoms with Gasteiger partial charge in [0.05, 0.1) is 20.3 Å². The molecule has 242 valence electrons. The molecular weight excluding hydrogens is 594 g/mol. The maximum absolute atomic E-state index is 14.0. The second kappa shape index (κ2) is 12.5. The molecule has 1 saturated heterocycles. The Hall–Kier alpha value is -3.48. The summed E-state index contributed by atoms with van der Waals surface area (Å²) in [5.41, 5.74) is -5.59. The first-order valence-corrected chi connectivity index (χ1v) is 14.5. The minimum Gasteiger partial charge on any atom is -0.497 e. The Bertz CT molecular complexity index is 1360. The molecule has 4 rings (SSSR count). The number of carbonyl (C=O) groups is 2. The van der Waals surface area contributed by atoms with E-state index in [1.54, 1.807) is 45.0 Å². The molecule has 13 heteroatoms. The fraction of sp³-hybridized carbons (Fsp3) is 0.548. The van der Waals surface area contributed by atoms with Crippen LogP contribution in [0.3, 0.4) is 0 Å². The van der Waals surface area contributed by atoms with Gasteiger partial charge in [0.15, 0.2) is 0 Å². The van der Waals surface area contributed by atoms with Gasteiger partial charge in [0.25, 0.3) is 11.5 Å². The van der Waals surface area contributed by atoms with Crippen LogP contribution in [0.2, 0.25) is 0 Å². The number of nitrogens with one attached hydrogen (secondary N) is 1. The Balaban J connectivity index is 1.50. The van der Waals surface area contributed by atoms with Crippen molar-refractivity contribution in [3.63, 3.8) is 0 Å². The summed E-state index contributed by atoms with van der Waals surface area (Å²) in [6, 6.07) is 7.18. The van der Waals surface area contributed by atoms with E-state index in [0.29, 0.717) is 37.0 Å². The predicted octanol–water partition coefficient (Wildman–Crippen LogP) is 7.08. The molecule has 2 aliphatic heterocycles. The van der Waals surface area contributed by atoms with E-state index in [1.807, 2.05) is 0 Å². The lowest BCUT2D eigenvalue weighted by atomic mass is 9.84. The standard InChI is InChI=1S/C31H36F6N2O5/c1-5-9-19-17-24-23(18-44-29(24,30(32,33)34)31(35,36)37)22(10-6-2)25(19)43-16-8-7-15-39-26(40)28(3,38-27(39)41)20-11-13-21(42-4)14-12-20/h11-14,17H,5-10,15-16,18H2,1-4H3,(H,38,41). The van der Waals surface area contributed by atoms with Gasteiger partial charge in [-0.25, -0.2) is 4.79 Å². The summed E-state index contributed by atoms with van der Waals surface area (Å²) in [6.07, 6.45) is -9.36. The van der Waals surface area contributed by atoms with Crippen LogP contribution >= 0.6 is 0 Å². The van der Waals surface area contributed by atoms with E-state index in [9.17, 15) is 35.9 Å². The Kier molecular flexibility index (Phi) is 9.48. The molecule has 3 amide bonds. The molecule has 1 unspecified atom stereocenters. The van der Waals surface area contributed by atoms with Crippen molar-refractivity contribution >= 4 is 11.9 Å². The number of unbranched alkanes of at least 4 members (excludes halogenated alkanes) is 1. The van der Waals surface area contributed by atoms with Crippen molar-refractivity contribution in [1.82, 2.24) is 10.2 Å². The summed E-state index contributed by atoms with van der Waals surface area (Å²) in [7, 11) is 1.52. The number of aryl methyl sites for hydroxylation is 1. The predicted molar refractivity (Wildman–Crippen MR) is 148 cm³/mol. The molecule has 7 nitrogen and oxygen atoms in total. The van der Waals surface area contributed by atoms with Crippen molar-refractivity contribution < 1.29 is 50.1 Å². The molecule has 0 radical (unpaired) electrons. The third-order valence-corrected chi connectivity index (χ3v) is 8.17. The Labute approximate surface area is 251 Å². The number of carbonyl (C=O) groups excluding carboxylic acids is 2. The number of nitrogens with zero attached hydrogens (tertiary/aromatic N) is 1. The van der Waals surface area contributed by atoms with Crippen LogP contribution in [0.15, 0.2) is 30.3 Å². The monoisotopic (exact) mass is 630 g/mol. The van der Waals surface area contributed by atoms with Crippen LogP contribution < -0.4 is 14.8 Å². The highest BCUT2D eigenvalue weighted by molar-refractivity contribution is 6.07.